The number of hydrogen-bond donors (Lipinski definition) is 3. The molecule has 6 heteroatoms. The van der Waals surface area contributed by atoms with Crippen LogP contribution in [-0.2, 0) is 9.59 Å². The molecule has 0 aliphatic heterocycles. The van der Waals surface area contributed by atoms with Crippen molar-refractivity contribution in [2.75, 3.05) is 22.5 Å². The van der Waals surface area contributed by atoms with Gasteiger partial charge in [0.2, 0.25) is 11.8 Å². The van der Waals surface area contributed by atoms with Gasteiger partial charge in [-0.2, -0.15) is 0 Å². The maximum Gasteiger partial charge on any atom is 0.243 e. The molecule has 0 unspecified atom stereocenters. The molecule has 0 atom stereocenters. The molecule has 2 aromatic rings. The fraction of sp³-hybridized carbons (Fsp3) is 0.222. The lowest BCUT2D eigenvalue weighted by Crippen LogP contribution is -2.21. The minimum absolute atomic E-state index is 0.000511. The molecule has 0 aromatic heterocycles. The van der Waals surface area contributed by atoms with Crippen molar-refractivity contribution in [1.82, 2.24) is 0 Å². The number of benzene rings is 2. The summed E-state index contributed by atoms with van der Waals surface area (Å²) in [6, 6.07) is 14.2. The Morgan fingerprint density at radius 1 is 0.833 bits per heavy atom. The van der Waals surface area contributed by atoms with Crippen molar-refractivity contribution in [3.8, 4) is 0 Å². The van der Waals surface area contributed by atoms with E-state index in [2.05, 4.69) is 16.0 Å². The number of nitrogens with one attached hydrogen (secondary N) is 3. The number of amides is 2. The molecule has 0 spiro atoms. The molecule has 2 aromatic carbocycles. The monoisotopic (exact) mass is 345 g/mol. The van der Waals surface area contributed by atoms with Gasteiger partial charge in [0, 0.05) is 28.5 Å². The largest absolute Gasteiger partial charge is 0.376 e. The molecule has 2 amide bonds. The molecule has 0 saturated heterocycles. The van der Waals surface area contributed by atoms with E-state index in [1.165, 1.54) is 0 Å². The van der Waals surface area contributed by atoms with Gasteiger partial charge in [0.15, 0.2) is 0 Å². The quantitative estimate of drug-likeness (QED) is 0.706. The van der Waals surface area contributed by atoms with E-state index in [9.17, 15) is 9.59 Å². The second-order valence-electron chi connectivity index (χ2n) is 5.28. The minimum Gasteiger partial charge on any atom is -0.376 e. The first-order valence-electron chi connectivity index (χ1n) is 7.76. The van der Waals surface area contributed by atoms with Crippen LogP contribution >= 0.6 is 11.6 Å². The Balaban J connectivity index is 1.80. The van der Waals surface area contributed by atoms with Gasteiger partial charge in [-0.15, -0.1) is 0 Å². The third-order valence-corrected chi connectivity index (χ3v) is 3.48. The van der Waals surface area contributed by atoms with Crippen LogP contribution < -0.4 is 16.0 Å². The van der Waals surface area contributed by atoms with Crippen LogP contribution in [0.15, 0.2) is 48.5 Å². The van der Waals surface area contributed by atoms with Crippen LogP contribution in [0.2, 0.25) is 5.02 Å². The van der Waals surface area contributed by atoms with Crippen LogP contribution in [0.5, 0.6) is 0 Å². The number of halogens is 1. The van der Waals surface area contributed by atoms with Gasteiger partial charge in [-0.05, 0) is 55.0 Å². The van der Waals surface area contributed by atoms with Gasteiger partial charge >= 0.3 is 0 Å². The number of hydrogen-bond acceptors (Lipinski definition) is 3. The van der Waals surface area contributed by atoms with Crippen molar-refractivity contribution < 1.29 is 9.59 Å². The molecule has 0 fully saturated rings. The lowest BCUT2D eigenvalue weighted by molar-refractivity contribution is -0.116. The van der Waals surface area contributed by atoms with Crippen LogP contribution in [0.3, 0.4) is 0 Å². The van der Waals surface area contributed by atoms with Gasteiger partial charge in [-0.25, -0.2) is 0 Å². The standard InChI is InChI=1S/C18H20ClN3O2/c1-2-3-17(23)21-16-10-8-14(9-11-16)20-12-18(24)22-15-6-4-13(19)5-7-15/h4-11,20H,2-3,12H2,1H3,(H,21,23)(H,22,24). The molecule has 0 bridgehead atoms. The Kier molecular flexibility index (Phi) is 6.63. The predicted molar refractivity (Wildman–Crippen MR) is 98.6 cm³/mol. The first-order valence-corrected chi connectivity index (χ1v) is 8.14. The summed E-state index contributed by atoms with van der Waals surface area (Å²) in [6.07, 6.45) is 1.32. The summed E-state index contributed by atoms with van der Waals surface area (Å²) in [5.41, 5.74) is 2.24. The highest BCUT2D eigenvalue weighted by Gasteiger charge is 2.04. The second kappa shape index (κ2) is 8.93. The maximum atomic E-state index is 11.9. The van der Waals surface area contributed by atoms with Crippen LogP contribution in [-0.4, -0.2) is 18.4 Å². The topological polar surface area (TPSA) is 70.2 Å². The number of carbonyl (C=O) groups is 2. The highest BCUT2D eigenvalue weighted by molar-refractivity contribution is 6.30. The lowest BCUT2D eigenvalue weighted by atomic mass is 10.2. The van der Waals surface area contributed by atoms with Gasteiger partial charge in [-0.3, -0.25) is 9.59 Å². The highest BCUT2D eigenvalue weighted by atomic mass is 35.5. The van der Waals surface area contributed by atoms with Crippen molar-refractivity contribution in [3.63, 3.8) is 0 Å². The molecule has 3 N–H and O–H groups in total. The van der Waals surface area contributed by atoms with Gasteiger partial charge in [0.1, 0.15) is 0 Å². The van der Waals surface area contributed by atoms with Gasteiger partial charge in [0.25, 0.3) is 0 Å². The fourth-order valence-electron chi connectivity index (χ4n) is 2.04. The van der Waals surface area contributed by atoms with E-state index >= 15 is 0 Å². The fourth-order valence-corrected chi connectivity index (χ4v) is 2.17. The molecule has 126 valence electrons. The summed E-state index contributed by atoms with van der Waals surface area (Å²) < 4.78 is 0. The van der Waals surface area contributed by atoms with E-state index in [1.807, 2.05) is 19.1 Å². The molecule has 0 radical (unpaired) electrons. The number of carbonyl (C=O) groups excluding carboxylic acids is 2. The van der Waals surface area contributed by atoms with E-state index in [0.29, 0.717) is 17.1 Å². The normalized spacial score (nSPS) is 10.1. The van der Waals surface area contributed by atoms with Crippen LogP contribution in [0.1, 0.15) is 19.8 Å². The minimum atomic E-state index is -0.155. The van der Waals surface area contributed by atoms with Crippen molar-refractivity contribution >= 4 is 40.5 Å². The molecular formula is C18H20ClN3O2. The molecule has 0 aliphatic rings. The first-order chi connectivity index (χ1) is 11.6. The summed E-state index contributed by atoms with van der Waals surface area (Å²) in [7, 11) is 0. The molecule has 0 heterocycles. The summed E-state index contributed by atoms with van der Waals surface area (Å²) in [4.78, 5) is 23.4. The third-order valence-electron chi connectivity index (χ3n) is 3.23. The maximum absolute atomic E-state index is 11.9. The zero-order chi connectivity index (χ0) is 17.4. The summed E-state index contributed by atoms with van der Waals surface area (Å²) in [6.45, 7) is 2.10. The van der Waals surface area contributed by atoms with Crippen molar-refractivity contribution in [1.29, 1.82) is 0 Å². The van der Waals surface area contributed by atoms with Crippen molar-refractivity contribution in [2.45, 2.75) is 19.8 Å². The Hall–Kier alpha value is -2.53. The van der Waals surface area contributed by atoms with Crippen LogP contribution in [0, 0.1) is 0 Å². The number of anilines is 3. The number of rotatable bonds is 7. The molecular weight excluding hydrogens is 326 g/mol. The summed E-state index contributed by atoms with van der Waals surface area (Å²) >= 11 is 5.80. The van der Waals surface area contributed by atoms with Crippen molar-refractivity contribution in [3.05, 3.63) is 53.6 Å². The van der Waals surface area contributed by atoms with E-state index in [0.717, 1.165) is 17.8 Å². The van der Waals surface area contributed by atoms with Gasteiger partial charge in [0.05, 0.1) is 6.54 Å². The molecule has 0 aliphatic carbocycles. The molecule has 24 heavy (non-hydrogen) atoms. The molecule has 0 saturated carbocycles. The van der Waals surface area contributed by atoms with E-state index in [-0.39, 0.29) is 18.4 Å². The smallest absolute Gasteiger partial charge is 0.243 e. The van der Waals surface area contributed by atoms with Gasteiger partial charge in [-0.1, -0.05) is 18.5 Å². The van der Waals surface area contributed by atoms with Crippen molar-refractivity contribution in [2.24, 2.45) is 0 Å². The van der Waals surface area contributed by atoms with Crippen LogP contribution in [0.25, 0.3) is 0 Å². The third kappa shape index (κ3) is 5.93. The highest BCUT2D eigenvalue weighted by Crippen LogP contribution is 2.15. The SMILES string of the molecule is CCCC(=O)Nc1ccc(NCC(=O)Nc2ccc(Cl)cc2)cc1. The van der Waals surface area contributed by atoms with E-state index in [1.54, 1.807) is 36.4 Å². The lowest BCUT2D eigenvalue weighted by Gasteiger charge is -2.09. The van der Waals surface area contributed by atoms with E-state index < -0.39 is 0 Å². The first kappa shape index (κ1) is 17.8. The van der Waals surface area contributed by atoms with E-state index in [4.69, 9.17) is 11.6 Å². The second-order valence-corrected chi connectivity index (χ2v) is 5.72. The Morgan fingerprint density at radius 2 is 1.33 bits per heavy atom. The summed E-state index contributed by atoms with van der Waals surface area (Å²) in [5.74, 6) is -0.154. The zero-order valence-electron chi connectivity index (χ0n) is 13.4. The Bertz CT molecular complexity index is 684. The Morgan fingerprint density at radius 3 is 1.92 bits per heavy atom. The average molecular weight is 346 g/mol. The summed E-state index contributed by atoms with van der Waals surface area (Å²) in [5, 5.41) is 9.24. The Labute approximate surface area is 146 Å². The predicted octanol–water partition coefficient (Wildman–Crippen LogP) is 4.13. The zero-order valence-corrected chi connectivity index (χ0v) is 14.2. The molecule has 2 rings (SSSR count). The van der Waals surface area contributed by atoms with Gasteiger partial charge < -0.3 is 16.0 Å². The molecule has 5 nitrogen and oxygen atoms in total. The van der Waals surface area contributed by atoms with Crippen LogP contribution in [0.4, 0.5) is 17.1 Å². The average Bonchev–Trinajstić information content (AvgIpc) is 2.56.